The van der Waals surface area contributed by atoms with Gasteiger partial charge in [-0.15, -0.1) is 0 Å². The first kappa shape index (κ1) is 9.33. The SMILES string of the molecule is NCc1cc(Cl)c(Cl)c(Br)c1. The van der Waals surface area contributed by atoms with Crippen LogP contribution in [0.1, 0.15) is 5.56 Å². The lowest BCUT2D eigenvalue weighted by atomic mass is 10.2. The summed E-state index contributed by atoms with van der Waals surface area (Å²) >= 11 is 14.8. The monoisotopic (exact) mass is 253 g/mol. The Hall–Kier alpha value is 0.240. The van der Waals surface area contributed by atoms with Gasteiger partial charge in [-0.2, -0.15) is 0 Å². The normalized spacial score (nSPS) is 10.2. The largest absolute Gasteiger partial charge is 0.326 e. The second-order valence-corrected chi connectivity index (χ2v) is 3.72. The number of nitrogens with two attached hydrogens (primary N) is 1. The minimum Gasteiger partial charge on any atom is -0.326 e. The highest BCUT2D eigenvalue weighted by Crippen LogP contribution is 2.31. The van der Waals surface area contributed by atoms with Gasteiger partial charge in [0.15, 0.2) is 0 Å². The van der Waals surface area contributed by atoms with Crippen molar-refractivity contribution in [2.45, 2.75) is 6.54 Å². The summed E-state index contributed by atoms with van der Waals surface area (Å²) in [6.07, 6.45) is 0. The summed E-state index contributed by atoms with van der Waals surface area (Å²) < 4.78 is 0.784. The third-order valence-electron chi connectivity index (χ3n) is 1.28. The molecule has 60 valence electrons. The van der Waals surface area contributed by atoms with E-state index >= 15 is 0 Å². The molecule has 1 nitrogen and oxygen atoms in total. The van der Waals surface area contributed by atoms with Crippen LogP contribution in [0.15, 0.2) is 16.6 Å². The van der Waals surface area contributed by atoms with Crippen molar-refractivity contribution in [3.63, 3.8) is 0 Å². The summed E-state index contributed by atoms with van der Waals surface area (Å²) in [6, 6.07) is 3.61. The molecule has 11 heavy (non-hydrogen) atoms. The summed E-state index contributed by atoms with van der Waals surface area (Å²) in [5.74, 6) is 0. The maximum Gasteiger partial charge on any atom is 0.0734 e. The third kappa shape index (κ3) is 2.09. The van der Waals surface area contributed by atoms with Gasteiger partial charge in [0.1, 0.15) is 0 Å². The Morgan fingerprint density at radius 3 is 2.45 bits per heavy atom. The van der Waals surface area contributed by atoms with Crippen molar-refractivity contribution in [1.29, 1.82) is 0 Å². The van der Waals surface area contributed by atoms with Crippen LogP contribution in [0.3, 0.4) is 0 Å². The van der Waals surface area contributed by atoms with E-state index < -0.39 is 0 Å². The van der Waals surface area contributed by atoms with Crippen LogP contribution < -0.4 is 5.73 Å². The smallest absolute Gasteiger partial charge is 0.0734 e. The molecular weight excluding hydrogens is 249 g/mol. The van der Waals surface area contributed by atoms with E-state index in [0.717, 1.165) is 10.0 Å². The molecule has 0 fully saturated rings. The predicted molar refractivity (Wildman–Crippen MR) is 52.1 cm³/mol. The Kier molecular flexibility index (Phi) is 3.19. The highest BCUT2D eigenvalue weighted by Gasteiger charge is 2.03. The van der Waals surface area contributed by atoms with Crippen molar-refractivity contribution in [3.8, 4) is 0 Å². The van der Waals surface area contributed by atoms with Crippen molar-refractivity contribution >= 4 is 39.1 Å². The van der Waals surface area contributed by atoms with Crippen LogP contribution >= 0.6 is 39.1 Å². The summed E-state index contributed by atoms with van der Waals surface area (Å²) in [5, 5.41) is 1.06. The molecule has 0 radical (unpaired) electrons. The van der Waals surface area contributed by atoms with E-state index in [1.54, 1.807) is 6.07 Å². The van der Waals surface area contributed by atoms with Gasteiger partial charge < -0.3 is 5.73 Å². The Morgan fingerprint density at radius 2 is 2.00 bits per heavy atom. The van der Waals surface area contributed by atoms with E-state index in [9.17, 15) is 0 Å². The molecule has 0 aliphatic rings. The fourth-order valence-electron chi connectivity index (χ4n) is 0.726. The summed E-state index contributed by atoms with van der Waals surface area (Å²) in [5.41, 5.74) is 6.38. The molecule has 0 saturated carbocycles. The lowest BCUT2D eigenvalue weighted by Crippen LogP contribution is -1.95. The lowest BCUT2D eigenvalue weighted by Gasteiger charge is -2.02. The van der Waals surface area contributed by atoms with Crippen molar-refractivity contribution in [2.75, 3.05) is 0 Å². The average molecular weight is 255 g/mol. The van der Waals surface area contributed by atoms with Gasteiger partial charge in [0.05, 0.1) is 10.0 Å². The molecule has 0 unspecified atom stereocenters. The molecule has 2 N–H and O–H groups in total. The Bertz CT molecular complexity index is 252. The third-order valence-corrected chi connectivity index (χ3v) is 2.94. The summed E-state index contributed by atoms with van der Waals surface area (Å²) in [4.78, 5) is 0. The fourth-order valence-corrected chi connectivity index (χ4v) is 1.70. The topological polar surface area (TPSA) is 26.0 Å². The lowest BCUT2D eigenvalue weighted by molar-refractivity contribution is 1.07. The second kappa shape index (κ2) is 3.76. The molecule has 1 aromatic carbocycles. The zero-order chi connectivity index (χ0) is 8.43. The highest BCUT2D eigenvalue weighted by atomic mass is 79.9. The Morgan fingerprint density at radius 1 is 1.36 bits per heavy atom. The highest BCUT2D eigenvalue weighted by molar-refractivity contribution is 9.10. The second-order valence-electron chi connectivity index (χ2n) is 2.08. The molecule has 1 rings (SSSR count). The molecule has 0 heterocycles. The molecule has 0 aliphatic heterocycles. The standard InChI is InChI=1S/C7H6BrCl2N/c8-5-1-4(3-11)2-6(9)7(5)10/h1-2H,3,11H2. The zero-order valence-electron chi connectivity index (χ0n) is 5.57. The van der Waals surface area contributed by atoms with Gasteiger partial charge in [-0.05, 0) is 33.6 Å². The van der Waals surface area contributed by atoms with Gasteiger partial charge in [-0.3, -0.25) is 0 Å². The fraction of sp³-hybridized carbons (Fsp3) is 0.143. The van der Waals surface area contributed by atoms with Crippen LogP contribution in [-0.2, 0) is 6.54 Å². The maximum absolute atomic E-state index is 5.79. The molecule has 0 bridgehead atoms. The molecule has 0 spiro atoms. The van der Waals surface area contributed by atoms with Gasteiger partial charge in [-0.1, -0.05) is 23.2 Å². The van der Waals surface area contributed by atoms with Crippen LogP contribution in [0.5, 0.6) is 0 Å². The van der Waals surface area contributed by atoms with Gasteiger partial charge in [0.25, 0.3) is 0 Å². The molecule has 0 atom stereocenters. The first-order valence-corrected chi connectivity index (χ1v) is 4.53. The van der Waals surface area contributed by atoms with E-state index in [0.29, 0.717) is 16.6 Å². The number of benzene rings is 1. The maximum atomic E-state index is 5.79. The van der Waals surface area contributed by atoms with Crippen molar-refractivity contribution in [2.24, 2.45) is 5.73 Å². The van der Waals surface area contributed by atoms with Crippen molar-refractivity contribution < 1.29 is 0 Å². The first-order chi connectivity index (χ1) is 5.15. The Balaban J connectivity index is 3.21. The number of halogens is 3. The van der Waals surface area contributed by atoms with Gasteiger partial charge >= 0.3 is 0 Å². The Labute approximate surface area is 83.6 Å². The molecule has 0 aliphatic carbocycles. The van der Waals surface area contributed by atoms with Gasteiger partial charge in [0, 0.05) is 11.0 Å². The average Bonchev–Trinajstić information content (AvgIpc) is 1.99. The summed E-state index contributed by atoms with van der Waals surface area (Å²) in [7, 11) is 0. The minimum atomic E-state index is 0.468. The van der Waals surface area contributed by atoms with Crippen molar-refractivity contribution in [3.05, 3.63) is 32.2 Å². The molecular formula is C7H6BrCl2N. The van der Waals surface area contributed by atoms with E-state index in [4.69, 9.17) is 28.9 Å². The molecule has 4 heteroatoms. The van der Waals surface area contributed by atoms with Crippen LogP contribution in [-0.4, -0.2) is 0 Å². The summed E-state index contributed by atoms with van der Waals surface area (Å²) in [6.45, 7) is 0.468. The number of hydrogen-bond acceptors (Lipinski definition) is 1. The van der Waals surface area contributed by atoms with Crippen molar-refractivity contribution in [1.82, 2.24) is 0 Å². The van der Waals surface area contributed by atoms with Gasteiger partial charge in [0.2, 0.25) is 0 Å². The minimum absolute atomic E-state index is 0.468. The zero-order valence-corrected chi connectivity index (χ0v) is 8.67. The molecule has 1 aromatic rings. The first-order valence-electron chi connectivity index (χ1n) is 2.98. The van der Waals surface area contributed by atoms with E-state index in [-0.39, 0.29) is 0 Å². The quantitative estimate of drug-likeness (QED) is 0.766. The molecule has 0 saturated heterocycles. The number of rotatable bonds is 1. The van der Waals surface area contributed by atoms with E-state index in [2.05, 4.69) is 15.9 Å². The number of hydrogen-bond donors (Lipinski definition) is 1. The van der Waals surface area contributed by atoms with Gasteiger partial charge in [-0.25, -0.2) is 0 Å². The molecule has 0 aromatic heterocycles. The van der Waals surface area contributed by atoms with E-state index in [1.165, 1.54) is 0 Å². The van der Waals surface area contributed by atoms with Crippen LogP contribution in [0.25, 0.3) is 0 Å². The van der Waals surface area contributed by atoms with Crippen LogP contribution in [0, 0.1) is 0 Å². The predicted octanol–water partition coefficient (Wildman–Crippen LogP) is 3.21. The van der Waals surface area contributed by atoms with Crippen LogP contribution in [0.4, 0.5) is 0 Å². The van der Waals surface area contributed by atoms with E-state index in [1.807, 2.05) is 6.07 Å². The molecule has 0 amide bonds. The van der Waals surface area contributed by atoms with Crippen LogP contribution in [0.2, 0.25) is 10.0 Å².